The number of aliphatic hydroxyl groups is 1. The number of carbonyl (C=O) groups excluding carboxylic acids is 2. The SMILES string of the molecule is O=C(Nc1ccccc1-c1ccccc1)OC1CCN(CCC(=O)N(Cl)c2ccc(CNCC(O)c3ccc(O)c4[nH]c(=O)ccc34)cc2)CC1. The maximum absolute atomic E-state index is 12.9. The number of nitrogens with one attached hydrogen (secondary N) is 3. The minimum absolute atomic E-state index is 0.0612. The van der Waals surface area contributed by atoms with Gasteiger partial charge in [-0.2, -0.15) is 0 Å². The number of aliphatic hydroxyl groups excluding tert-OH is 1. The van der Waals surface area contributed by atoms with Gasteiger partial charge in [-0.05, 0) is 59.9 Å². The number of phenolic OH excluding ortho intramolecular Hbond substituents is 1. The molecule has 0 saturated carbocycles. The second kappa shape index (κ2) is 16.7. The summed E-state index contributed by atoms with van der Waals surface area (Å²) < 4.78 is 6.87. The Labute approximate surface area is 300 Å². The molecule has 5 N–H and O–H groups in total. The maximum atomic E-state index is 12.9. The van der Waals surface area contributed by atoms with Crippen molar-refractivity contribution in [1.29, 1.82) is 0 Å². The molecule has 2 amide bonds. The molecule has 12 heteroatoms. The third-order valence-electron chi connectivity index (χ3n) is 9.01. The molecule has 264 valence electrons. The van der Waals surface area contributed by atoms with Gasteiger partial charge in [0.25, 0.3) is 0 Å². The summed E-state index contributed by atoms with van der Waals surface area (Å²) in [6.07, 6.45) is 0.0251. The fourth-order valence-corrected chi connectivity index (χ4v) is 6.45. The molecule has 6 rings (SSSR count). The summed E-state index contributed by atoms with van der Waals surface area (Å²) in [5, 5.41) is 27.6. The number of likely N-dealkylation sites (tertiary alicyclic amines) is 1. The van der Waals surface area contributed by atoms with Gasteiger partial charge < -0.3 is 30.2 Å². The molecule has 1 aliphatic rings. The van der Waals surface area contributed by atoms with E-state index >= 15 is 0 Å². The highest BCUT2D eigenvalue weighted by molar-refractivity contribution is 6.36. The second-order valence-corrected chi connectivity index (χ2v) is 12.8. The Bertz CT molecular complexity index is 2020. The number of aromatic hydroxyl groups is 1. The molecule has 0 aliphatic carbocycles. The van der Waals surface area contributed by atoms with Crippen molar-refractivity contribution in [3.8, 4) is 16.9 Å². The third kappa shape index (κ3) is 9.13. The van der Waals surface area contributed by atoms with Crippen LogP contribution in [0.4, 0.5) is 16.2 Å². The molecular weight excluding hydrogens is 670 g/mol. The molecule has 1 unspecified atom stereocenters. The van der Waals surface area contributed by atoms with Crippen LogP contribution in [0, 0.1) is 0 Å². The van der Waals surface area contributed by atoms with Crippen LogP contribution in [0.5, 0.6) is 5.75 Å². The Kier molecular flexibility index (Phi) is 11.6. The molecule has 0 radical (unpaired) electrons. The first-order valence-electron chi connectivity index (χ1n) is 16.9. The molecule has 51 heavy (non-hydrogen) atoms. The minimum atomic E-state index is -0.875. The van der Waals surface area contributed by atoms with Gasteiger partial charge in [-0.15, -0.1) is 0 Å². The number of anilines is 2. The number of benzene rings is 4. The van der Waals surface area contributed by atoms with Crippen molar-refractivity contribution < 1.29 is 24.5 Å². The lowest BCUT2D eigenvalue weighted by Gasteiger charge is -2.31. The third-order valence-corrected chi connectivity index (χ3v) is 9.40. The molecule has 1 aromatic heterocycles. The van der Waals surface area contributed by atoms with E-state index in [0.717, 1.165) is 21.1 Å². The van der Waals surface area contributed by atoms with E-state index in [1.165, 1.54) is 12.1 Å². The number of fused-ring (bicyclic) bond motifs is 1. The number of para-hydroxylation sites is 1. The van der Waals surface area contributed by atoms with E-state index in [9.17, 15) is 24.6 Å². The van der Waals surface area contributed by atoms with Crippen LogP contribution >= 0.6 is 11.8 Å². The first-order chi connectivity index (χ1) is 24.7. The van der Waals surface area contributed by atoms with E-state index in [-0.39, 0.29) is 41.8 Å². The van der Waals surface area contributed by atoms with Crippen molar-refractivity contribution in [1.82, 2.24) is 15.2 Å². The largest absolute Gasteiger partial charge is 0.506 e. The second-order valence-electron chi connectivity index (χ2n) is 12.5. The van der Waals surface area contributed by atoms with Crippen molar-refractivity contribution in [3.05, 3.63) is 125 Å². The number of hydrogen-bond acceptors (Lipinski definition) is 8. The Morgan fingerprint density at radius 3 is 2.43 bits per heavy atom. The van der Waals surface area contributed by atoms with Gasteiger partial charge in [0.1, 0.15) is 11.9 Å². The molecule has 1 atom stereocenters. The zero-order valence-electron chi connectivity index (χ0n) is 27.9. The van der Waals surface area contributed by atoms with Crippen molar-refractivity contribution in [2.24, 2.45) is 0 Å². The number of hydrogen-bond donors (Lipinski definition) is 5. The van der Waals surface area contributed by atoms with Gasteiger partial charge >= 0.3 is 6.09 Å². The summed E-state index contributed by atoms with van der Waals surface area (Å²) in [7, 11) is 0. The highest BCUT2D eigenvalue weighted by atomic mass is 35.5. The molecule has 5 aromatic rings. The molecular formula is C39H40ClN5O6. The standard InChI is InChI=1S/C39H40ClN5O6/c40-45(28-12-10-26(11-13-28)24-41-25-35(47)31-14-16-34(46)38-32(31)15-17-36(48)43-38)37(49)20-23-44-21-18-29(19-22-44)51-39(50)42-33-9-5-4-8-30(33)27-6-2-1-3-7-27/h1-17,29,35,41,46-47H,18-25H2,(H,42,50)(H,43,48). The van der Waals surface area contributed by atoms with Crippen LogP contribution in [0.2, 0.25) is 0 Å². The smallest absolute Gasteiger partial charge is 0.411 e. The molecule has 1 saturated heterocycles. The number of ether oxygens (including phenoxy) is 1. The minimum Gasteiger partial charge on any atom is -0.506 e. The van der Waals surface area contributed by atoms with E-state index in [1.807, 2.05) is 66.7 Å². The number of carbonyl (C=O) groups is 2. The highest BCUT2D eigenvalue weighted by Crippen LogP contribution is 2.30. The van der Waals surface area contributed by atoms with Gasteiger partial charge in [-0.1, -0.05) is 66.7 Å². The van der Waals surface area contributed by atoms with Gasteiger partial charge in [0, 0.05) is 67.9 Å². The summed E-state index contributed by atoms with van der Waals surface area (Å²) in [5.74, 6) is -0.281. The molecule has 0 spiro atoms. The molecule has 11 nitrogen and oxygen atoms in total. The molecule has 4 aromatic carbocycles. The molecule has 1 aliphatic heterocycles. The first kappa shape index (κ1) is 35.6. The zero-order valence-corrected chi connectivity index (χ0v) is 28.7. The van der Waals surface area contributed by atoms with Crippen LogP contribution in [0.25, 0.3) is 22.0 Å². The number of rotatable bonds is 12. The molecule has 2 heterocycles. The van der Waals surface area contributed by atoms with E-state index in [2.05, 4.69) is 20.5 Å². The molecule has 1 fully saturated rings. The van der Waals surface area contributed by atoms with Crippen molar-refractivity contribution in [2.45, 2.75) is 38.0 Å². The normalized spacial score (nSPS) is 14.2. The van der Waals surface area contributed by atoms with Gasteiger partial charge in [-0.3, -0.25) is 14.9 Å². The Balaban J connectivity index is 0.907. The van der Waals surface area contributed by atoms with Crippen molar-refractivity contribution >= 4 is 46.1 Å². The van der Waals surface area contributed by atoms with E-state index in [1.54, 1.807) is 24.3 Å². The van der Waals surface area contributed by atoms with Gasteiger partial charge in [-0.25, -0.2) is 9.21 Å². The van der Waals surface area contributed by atoms with Crippen molar-refractivity contribution in [2.75, 3.05) is 35.9 Å². The average molecular weight is 710 g/mol. The average Bonchev–Trinajstić information content (AvgIpc) is 3.15. The summed E-state index contributed by atoms with van der Waals surface area (Å²) in [6, 6.07) is 30.8. The lowest BCUT2D eigenvalue weighted by molar-refractivity contribution is -0.117. The Morgan fingerprint density at radius 1 is 0.941 bits per heavy atom. The number of H-pyrrole nitrogens is 1. The fraction of sp³-hybridized carbons (Fsp3) is 0.256. The zero-order chi connectivity index (χ0) is 35.7. The Morgan fingerprint density at radius 2 is 1.67 bits per heavy atom. The number of amides is 2. The lowest BCUT2D eigenvalue weighted by atomic mass is 10.0. The van der Waals surface area contributed by atoms with E-state index < -0.39 is 12.2 Å². The van der Waals surface area contributed by atoms with E-state index in [4.69, 9.17) is 16.5 Å². The number of phenols is 1. The lowest BCUT2D eigenvalue weighted by Crippen LogP contribution is -2.40. The van der Waals surface area contributed by atoms with Gasteiger partial charge in [0.05, 0.1) is 23.0 Å². The number of nitrogens with zero attached hydrogens (tertiary/aromatic N) is 2. The summed E-state index contributed by atoms with van der Waals surface area (Å²) >= 11 is 6.42. The Hall–Kier alpha value is -5.20. The van der Waals surface area contributed by atoms with Crippen LogP contribution in [0.3, 0.4) is 0 Å². The predicted molar refractivity (Wildman–Crippen MR) is 199 cm³/mol. The van der Waals surface area contributed by atoms with Crippen LogP contribution in [0.1, 0.15) is 36.5 Å². The van der Waals surface area contributed by atoms with Crippen LogP contribution in [-0.2, 0) is 16.1 Å². The highest BCUT2D eigenvalue weighted by Gasteiger charge is 2.24. The number of piperidine rings is 1. The summed E-state index contributed by atoms with van der Waals surface area (Å²) in [6.45, 7) is 2.64. The van der Waals surface area contributed by atoms with Gasteiger partial charge in [0.2, 0.25) is 11.5 Å². The van der Waals surface area contributed by atoms with Crippen LogP contribution < -0.4 is 20.6 Å². The van der Waals surface area contributed by atoms with Crippen LogP contribution in [0.15, 0.2) is 108 Å². The van der Waals surface area contributed by atoms with Crippen LogP contribution in [-0.4, -0.2) is 64.4 Å². The number of aromatic amines is 1. The summed E-state index contributed by atoms with van der Waals surface area (Å²) in [5.41, 5.74) is 4.64. The number of pyridine rings is 1. The predicted octanol–water partition coefficient (Wildman–Crippen LogP) is 6.31. The van der Waals surface area contributed by atoms with E-state index in [0.29, 0.717) is 61.3 Å². The van der Waals surface area contributed by atoms with Gasteiger partial charge in [0.15, 0.2) is 0 Å². The number of halogens is 1. The quantitative estimate of drug-likeness (QED) is 0.0947. The first-order valence-corrected chi connectivity index (χ1v) is 17.2. The topological polar surface area (TPSA) is 147 Å². The fourth-order valence-electron chi connectivity index (χ4n) is 6.26. The van der Waals surface area contributed by atoms with Crippen molar-refractivity contribution in [3.63, 3.8) is 0 Å². The molecule has 0 bridgehead atoms. The monoisotopic (exact) mass is 709 g/mol. The maximum Gasteiger partial charge on any atom is 0.411 e. The number of aromatic nitrogens is 1. The summed E-state index contributed by atoms with van der Waals surface area (Å²) in [4.78, 5) is 42.1.